The second kappa shape index (κ2) is 5.18. The first-order valence-electron chi connectivity index (χ1n) is 6.90. The molecule has 6 heteroatoms. The van der Waals surface area contributed by atoms with Gasteiger partial charge in [-0.15, -0.1) is 0 Å². The number of sulfonamides is 1. The monoisotopic (exact) mass is 294 g/mol. The molecule has 0 bridgehead atoms. The van der Waals surface area contributed by atoms with Gasteiger partial charge in [-0.3, -0.25) is 4.79 Å². The predicted molar refractivity (Wildman–Crippen MR) is 75.6 cm³/mol. The van der Waals surface area contributed by atoms with Gasteiger partial charge in [-0.25, -0.2) is 13.1 Å². The number of amides is 1. The van der Waals surface area contributed by atoms with Crippen LogP contribution in [0.15, 0.2) is 24.3 Å². The zero-order valence-electron chi connectivity index (χ0n) is 11.1. The van der Waals surface area contributed by atoms with Gasteiger partial charge in [-0.1, -0.05) is 24.3 Å². The highest BCUT2D eigenvalue weighted by atomic mass is 32.2. The van der Waals surface area contributed by atoms with Gasteiger partial charge in [-0.2, -0.15) is 0 Å². The molecule has 5 nitrogen and oxygen atoms in total. The minimum atomic E-state index is -3.24. The highest BCUT2D eigenvalue weighted by molar-refractivity contribution is 7.89. The topological polar surface area (TPSA) is 75.3 Å². The van der Waals surface area contributed by atoms with Crippen LogP contribution < -0.4 is 10.0 Å². The van der Waals surface area contributed by atoms with E-state index in [0.29, 0.717) is 13.0 Å². The number of carbonyl (C=O) groups is 1. The lowest BCUT2D eigenvalue weighted by molar-refractivity contribution is -0.122. The largest absolute Gasteiger partial charge is 0.351 e. The lowest BCUT2D eigenvalue weighted by Gasteiger charge is -2.10. The van der Waals surface area contributed by atoms with Gasteiger partial charge in [0.05, 0.1) is 5.75 Å². The maximum absolute atomic E-state index is 11.9. The number of hydrogen-bond acceptors (Lipinski definition) is 3. The molecule has 1 unspecified atom stereocenters. The molecule has 1 atom stereocenters. The van der Waals surface area contributed by atoms with Crippen molar-refractivity contribution in [3.05, 3.63) is 35.4 Å². The van der Waals surface area contributed by atoms with E-state index in [0.717, 1.165) is 11.5 Å². The molecule has 2 N–H and O–H groups in total. The van der Waals surface area contributed by atoms with Crippen molar-refractivity contribution in [2.24, 2.45) is 0 Å². The SMILES string of the molecule is O=C(NCc1ccc(C2CC2)cc1)C1CCS(=O)(=O)N1. The Balaban J connectivity index is 1.52. The normalized spacial score (nSPS) is 24.5. The maximum Gasteiger partial charge on any atom is 0.238 e. The van der Waals surface area contributed by atoms with Crippen LogP contribution in [0, 0.1) is 0 Å². The highest BCUT2D eigenvalue weighted by Gasteiger charge is 2.31. The Morgan fingerprint density at radius 3 is 2.45 bits per heavy atom. The minimum Gasteiger partial charge on any atom is -0.351 e. The molecule has 0 spiro atoms. The van der Waals surface area contributed by atoms with Crippen LogP contribution in [0.3, 0.4) is 0 Å². The summed E-state index contributed by atoms with van der Waals surface area (Å²) in [6, 6.07) is 7.64. The Morgan fingerprint density at radius 1 is 1.20 bits per heavy atom. The van der Waals surface area contributed by atoms with Crippen LogP contribution in [-0.4, -0.2) is 26.1 Å². The van der Waals surface area contributed by atoms with Crippen molar-refractivity contribution < 1.29 is 13.2 Å². The van der Waals surface area contributed by atoms with Crippen molar-refractivity contribution in [2.45, 2.75) is 37.8 Å². The first-order chi connectivity index (χ1) is 9.53. The molecule has 1 saturated carbocycles. The van der Waals surface area contributed by atoms with Crippen LogP contribution in [-0.2, 0) is 21.4 Å². The van der Waals surface area contributed by atoms with Gasteiger partial charge < -0.3 is 5.32 Å². The molecule has 3 rings (SSSR count). The highest BCUT2D eigenvalue weighted by Crippen LogP contribution is 2.39. The van der Waals surface area contributed by atoms with Gasteiger partial charge in [0.1, 0.15) is 6.04 Å². The Morgan fingerprint density at radius 2 is 1.90 bits per heavy atom. The van der Waals surface area contributed by atoms with Crippen LogP contribution >= 0.6 is 0 Å². The first kappa shape index (κ1) is 13.6. The summed E-state index contributed by atoms with van der Waals surface area (Å²) in [4.78, 5) is 11.9. The Hall–Kier alpha value is -1.40. The molecule has 20 heavy (non-hydrogen) atoms. The van der Waals surface area contributed by atoms with Gasteiger partial charge in [0.25, 0.3) is 0 Å². The Kier molecular flexibility index (Phi) is 3.52. The third-order valence-electron chi connectivity index (χ3n) is 3.81. The second-order valence-corrected chi connectivity index (χ2v) is 7.39. The molecular formula is C14H18N2O3S. The average molecular weight is 294 g/mol. The van der Waals surface area contributed by atoms with E-state index in [1.54, 1.807) is 0 Å². The summed E-state index contributed by atoms with van der Waals surface area (Å²) >= 11 is 0. The first-order valence-corrected chi connectivity index (χ1v) is 8.55. The number of benzene rings is 1. The van der Waals surface area contributed by atoms with Crippen molar-refractivity contribution in [2.75, 3.05) is 5.75 Å². The molecule has 0 radical (unpaired) electrons. The number of rotatable bonds is 4. The molecule has 1 amide bonds. The van der Waals surface area contributed by atoms with Crippen LogP contribution in [0.4, 0.5) is 0 Å². The molecule has 2 fully saturated rings. The number of nitrogens with one attached hydrogen (secondary N) is 2. The molecule has 1 aliphatic carbocycles. The fourth-order valence-electron chi connectivity index (χ4n) is 2.43. The average Bonchev–Trinajstić information content (AvgIpc) is 3.20. The maximum atomic E-state index is 11.9. The fraction of sp³-hybridized carbons (Fsp3) is 0.500. The van der Waals surface area contributed by atoms with Gasteiger partial charge >= 0.3 is 0 Å². The smallest absolute Gasteiger partial charge is 0.238 e. The van der Waals surface area contributed by atoms with E-state index in [-0.39, 0.29) is 11.7 Å². The summed E-state index contributed by atoms with van der Waals surface area (Å²) in [7, 11) is -3.24. The minimum absolute atomic E-state index is 0.0289. The third-order valence-corrected chi connectivity index (χ3v) is 5.23. The molecule has 1 aliphatic heterocycles. The van der Waals surface area contributed by atoms with Crippen LogP contribution in [0.5, 0.6) is 0 Å². The van der Waals surface area contributed by atoms with Gasteiger partial charge in [0, 0.05) is 6.54 Å². The lowest BCUT2D eigenvalue weighted by Crippen LogP contribution is -2.41. The Labute approximate surface area is 118 Å². The van der Waals surface area contributed by atoms with Gasteiger partial charge in [0.2, 0.25) is 15.9 Å². The van der Waals surface area contributed by atoms with E-state index in [2.05, 4.69) is 22.2 Å². The van der Waals surface area contributed by atoms with Crippen molar-refractivity contribution >= 4 is 15.9 Å². The van der Waals surface area contributed by atoms with Gasteiger partial charge in [-0.05, 0) is 36.3 Å². The van der Waals surface area contributed by atoms with Crippen LogP contribution in [0.1, 0.15) is 36.3 Å². The molecule has 0 aromatic heterocycles. The summed E-state index contributed by atoms with van der Waals surface area (Å²) in [5.41, 5.74) is 2.40. The Bertz CT molecular complexity index is 606. The summed E-state index contributed by atoms with van der Waals surface area (Å²) < 4.78 is 24.8. The summed E-state index contributed by atoms with van der Waals surface area (Å²) in [5.74, 6) is 0.505. The number of hydrogen-bond donors (Lipinski definition) is 2. The third kappa shape index (κ3) is 3.19. The van der Waals surface area contributed by atoms with Crippen molar-refractivity contribution in [3.63, 3.8) is 0 Å². The van der Waals surface area contributed by atoms with E-state index < -0.39 is 16.1 Å². The van der Waals surface area contributed by atoms with Gasteiger partial charge in [0.15, 0.2) is 0 Å². The predicted octanol–water partition coefficient (Wildman–Crippen LogP) is 0.872. The lowest BCUT2D eigenvalue weighted by atomic mass is 10.1. The van der Waals surface area contributed by atoms with Crippen LogP contribution in [0.2, 0.25) is 0 Å². The molecular weight excluding hydrogens is 276 g/mol. The van der Waals surface area contributed by atoms with Crippen molar-refractivity contribution in [1.82, 2.24) is 10.0 Å². The summed E-state index contributed by atoms with van der Waals surface area (Å²) in [5, 5.41) is 2.78. The fourth-order valence-corrected chi connectivity index (χ4v) is 3.75. The second-order valence-electron chi connectivity index (χ2n) is 5.51. The standard InChI is InChI=1S/C14H18N2O3S/c17-14(13-7-8-20(18,19)16-13)15-9-10-1-3-11(4-2-10)12-5-6-12/h1-4,12-13,16H,5-9H2,(H,15,17). The van der Waals surface area contributed by atoms with E-state index >= 15 is 0 Å². The molecule has 1 heterocycles. The molecule has 1 aromatic carbocycles. The van der Waals surface area contributed by atoms with E-state index in [4.69, 9.17) is 0 Å². The van der Waals surface area contributed by atoms with E-state index in [1.165, 1.54) is 18.4 Å². The van der Waals surface area contributed by atoms with E-state index in [1.807, 2.05) is 12.1 Å². The molecule has 108 valence electrons. The van der Waals surface area contributed by atoms with E-state index in [9.17, 15) is 13.2 Å². The van der Waals surface area contributed by atoms with Crippen LogP contribution in [0.25, 0.3) is 0 Å². The zero-order chi connectivity index (χ0) is 14.2. The molecule has 2 aliphatic rings. The molecule has 1 aromatic rings. The number of carbonyl (C=O) groups excluding carboxylic acids is 1. The van der Waals surface area contributed by atoms with Crippen molar-refractivity contribution in [1.29, 1.82) is 0 Å². The van der Waals surface area contributed by atoms with Crippen molar-refractivity contribution in [3.8, 4) is 0 Å². The quantitative estimate of drug-likeness (QED) is 0.865. The molecule has 1 saturated heterocycles. The summed E-state index contributed by atoms with van der Waals surface area (Å²) in [6.45, 7) is 0.433. The summed E-state index contributed by atoms with van der Waals surface area (Å²) in [6.07, 6.45) is 2.89. The zero-order valence-corrected chi connectivity index (χ0v) is 11.9.